The lowest BCUT2D eigenvalue weighted by molar-refractivity contribution is 0.0948. The summed E-state index contributed by atoms with van der Waals surface area (Å²) in [5.74, 6) is -0.502. The molecule has 1 amide bonds. The number of nitrogens with one attached hydrogen (secondary N) is 1. The number of nitrogens with zero attached hydrogens (tertiary/aromatic N) is 3. The second-order valence-electron chi connectivity index (χ2n) is 5.01. The van der Waals surface area contributed by atoms with Crippen molar-refractivity contribution in [1.29, 1.82) is 0 Å². The third-order valence-electron chi connectivity index (χ3n) is 3.22. The molecule has 1 aromatic carbocycles. The lowest BCUT2D eigenvalue weighted by Crippen LogP contribution is -2.31. The predicted octanol–water partition coefficient (Wildman–Crippen LogP) is 1.78. The second kappa shape index (κ2) is 6.21. The van der Waals surface area contributed by atoms with E-state index in [1.54, 1.807) is 29.1 Å². The van der Waals surface area contributed by atoms with E-state index < -0.39 is 11.5 Å². The van der Waals surface area contributed by atoms with E-state index in [0.717, 1.165) is 5.69 Å². The number of benzene rings is 1. The zero-order valence-corrected chi connectivity index (χ0v) is 13.0. The first-order chi connectivity index (χ1) is 11.0. The number of rotatable bonds is 4. The van der Waals surface area contributed by atoms with Gasteiger partial charge in [-0.25, -0.2) is 4.79 Å². The van der Waals surface area contributed by atoms with Crippen LogP contribution >= 0.6 is 11.6 Å². The van der Waals surface area contributed by atoms with E-state index in [2.05, 4.69) is 15.6 Å². The first kappa shape index (κ1) is 15.2. The van der Waals surface area contributed by atoms with E-state index in [1.165, 1.54) is 6.07 Å². The summed E-state index contributed by atoms with van der Waals surface area (Å²) in [6.45, 7) is 2.60. The van der Waals surface area contributed by atoms with E-state index in [9.17, 15) is 9.59 Å². The molecule has 2 heterocycles. The van der Waals surface area contributed by atoms with Gasteiger partial charge in [0, 0.05) is 23.2 Å². The Bertz CT molecular complexity index is 932. The van der Waals surface area contributed by atoms with Gasteiger partial charge >= 0.3 is 5.63 Å². The topological polar surface area (TPSA) is 90.0 Å². The van der Waals surface area contributed by atoms with Crippen LogP contribution in [0.25, 0.3) is 11.0 Å². The molecular formula is C15H13ClN4O3. The summed E-state index contributed by atoms with van der Waals surface area (Å²) in [5.41, 5.74) is 0.431. The predicted molar refractivity (Wildman–Crippen MR) is 84.6 cm³/mol. The van der Waals surface area contributed by atoms with Crippen LogP contribution in [0.4, 0.5) is 0 Å². The molecule has 3 aromatic rings. The molecule has 23 heavy (non-hydrogen) atoms. The fourth-order valence-corrected chi connectivity index (χ4v) is 2.32. The lowest BCUT2D eigenvalue weighted by atomic mass is 10.2. The van der Waals surface area contributed by atoms with Crippen molar-refractivity contribution < 1.29 is 9.21 Å². The highest BCUT2D eigenvalue weighted by atomic mass is 35.5. The minimum atomic E-state index is -0.686. The number of hydrogen-bond acceptors (Lipinski definition) is 5. The van der Waals surface area contributed by atoms with Gasteiger partial charge < -0.3 is 9.73 Å². The standard InChI is InChI=1S/C15H13ClN4O3/c1-9-8-20(19-18-9)5-4-17-14(21)12-7-10-6-11(16)2-3-13(10)23-15(12)22/h2-3,6-8H,4-5H2,1H3,(H,17,21). The summed E-state index contributed by atoms with van der Waals surface area (Å²) < 4.78 is 6.74. The Labute approximate surface area is 135 Å². The summed E-state index contributed by atoms with van der Waals surface area (Å²) in [6, 6.07) is 6.32. The molecule has 0 aliphatic heterocycles. The van der Waals surface area contributed by atoms with Crippen molar-refractivity contribution in [3.8, 4) is 0 Å². The van der Waals surface area contributed by atoms with Crippen molar-refractivity contribution in [2.75, 3.05) is 6.54 Å². The van der Waals surface area contributed by atoms with Crippen LogP contribution in [0.1, 0.15) is 16.1 Å². The molecule has 0 atom stereocenters. The molecule has 0 unspecified atom stereocenters. The Morgan fingerprint density at radius 1 is 1.39 bits per heavy atom. The number of hydrogen-bond donors (Lipinski definition) is 1. The summed E-state index contributed by atoms with van der Waals surface area (Å²) in [5, 5.41) is 11.5. The zero-order chi connectivity index (χ0) is 16.4. The first-order valence-electron chi connectivity index (χ1n) is 6.91. The SMILES string of the molecule is Cc1cn(CCNC(=O)c2cc3cc(Cl)ccc3oc2=O)nn1. The minimum absolute atomic E-state index is 0.0606. The molecule has 0 radical (unpaired) electrons. The van der Waals surface area contributed by atoms with Gasteiger partial charge in [0.15, 0.2) is 0 Å². The maximum Gasteiger partial charge on any atom is 0.349 e. The van der Waals surface area contributed by atoms with Crippen LogP contribution in [0.5, 0.6) is 0 Å². The number of amides is 1. The first-order valence-corrected chi connectivity index (χ1v) is 7.29. The van der Waals surface area contributed by atoms with E-state index in [4.69, 9.17) is 16.0 Å². The summed E-state index contributed by atoms with van der Waals surface area (Å²) in [4.78, 5) is 24.0. The molecule has 0 aliphatic rings. The van der Waals surface area contributed by atoms with Gasteiger partial charge in [0.05, 0.1) is 12.2 Å². The fourth-order valence-electron chi connectivity index (χ4n) is 2.14. The van der Waals surface area contributed by atoms with Gasteiger partial charge in [-0.1, -0.05) is 16.8 Å². The van der Waals surface area contributed by atoms with E-state index in [0.29, 0.717) is 29.1 Å². The van der Waals surface area contributed by atoms with Gasteiger partial charge in [-0.2, -0.15) is 0 Å². The Balaban J connectivity index is 1.75. The molecule has 0 aliphatic carbocycles. The van der Waals surface area contributed by atoms with Crippen LogP contribution in [-0.4, -0.2) is 27.4 Å². The summed E-state index contributed by atoms with van der Waals surface area (Å²) in [6.07, 6.45) is 1.76. The van der Waals surface area contributed by atoms with Crippen LogP contribution in [0.2, 0.25) is 5.02 Å². The van der Waals surface area contributed by atoms with Gasteiger partial charge in [0.2, 0.25) is 0 Å². The smallest absolute Gasteiger partial charge is 0.349 e. The summed E-state index contributed by atoms with van der Waals surface area (Å²) in [7, 11) is 0. The Morgan fingerprint density at radius 2 is 2.22 bits per heavy atom. The monoisotopic (exact) mass is 332 g/mol. The Hall–Kier alpha value is -2.67. The van der Waals surface area contributed by atoms with Crippen LogP contribution in [0, 0.1) is 6.92 Å². The molecule has 118 valence electrons. The van der Waals surface area contributed by atoms with E-state index in [-0.39, 0.29) is 5.56 Å². The highest BCUT2D eigenvalue weighted by Gasteiger charge is 2.13. The van der Waals surface area contributed by atoms with Gasteiger partial charge in [0.25, 0.3) is 5.91 Å². The number of aromatic nitrogens is 3. The second-order valence-corrected chi connectivity index (χ2v) is 5.45. The maximum absolute atomic E-state index is 12.1. The number of fused-ring (bicyclic) bond motifs is 1. The number of carbonyl (C=O) groups is 1. The third-order valence-corrected chi connectivity index (χ3v) is 3.45. The molecule has 2 aromatic heterocycles. The fraction of sp³-hybridized carbons (Fsp3) is 0.200. The third kappa shape index (κ3) is 3.40. The normalized spacial score (nSPS) is 10.9. The van der Waals surface area contributed by atoms with Crippen molar-refractivity contribution >= 4 is 28.5 Å². The molecule has 0 spiro atoms. The molecule has 1 N–H and O–H groups in total. The Morgan fingerprint density at radius 3 is 2.96 bits per heavy atom. The van der Waals surface area contributed by atoms with Gasteiger partial charge in [0.1, 0.15) is 11.1 Å². The van der Waals surface area contributed by atoms with Crippen molar-refractivity contribution in [3.05, 3.63) is 57.2 Å². The average molecular weight is 333 g/mol. The lowest BCUT2D eigenvalue weighted by Gasteiger charge is -2.05. The molecule has 0 saturated heterocycles. The van der Waals surface area contributed by atoms with Crippen molar-refractivity contribution in [3.63, 3.8) is 0 Å². The maximum atomic E-state index is 12.1. The largest absolute Gasteiger partial charge is 0.422 e. The molecule has 8 heteroatoms. The van der Waals surface area contributed by atoms with Gasteiger partial charge in [-0.05, 0) is 31.2 Å². The zero-order valence-electron chi connectivity index (χ0n) is 12.2. The molecule has 0 bridgehead atoms. The highest BCUT2D eigenvalue weighted by molar-refractivity contribution is 6.31. The Kier molecular flexibility index (Phi) is 4.12. The van der Waals surface area contributed by atoms with E-state index in [1.807, 2.05) is 6.92 Å². The number of aryl methyl sites for hydroxylation is 1. The molecular weight excluding hydrogens is 320 g/mol. The molecule has 7 nitrogen and oxygen atoms in total. The quantitative estimate of drug-likeness (QED) is 0.735. The highest BCUT2D eigenvalue weighted by Crippen LogP contribution is 2.18. The average Bonchev–Trinajstić information content (AvgIpc) is 2.92. The molecule has 0 saturated carbocycles. The summed E-state index contributed by atoms with van der Waals surface area (Å²) >= 11 is 5.91. The number of carbonyl (C=O) groups excluding carboxylic acids is 1. The minimum Gasteiger partial charge on any atom is -0.422 e. The molecule has 0 fully saturated rings. The number of halogens is 1. The van der Waals surface area contributed by atoms with Crippen molar-refractivity contribution in [2.24, 2.45) is 0 Å². The van der Waals surface area contributed by atoms with Crippen LogP contribution in [-0.2, 0) is 6.54 Å². The van der Waals surface area contributed by atoms with Gasteiger partial charge in [-0.15, -0.1) is 5.10 Å². The van der Waals surface area contributed by atoms with Crippen LogP contribution < -0.4 is 10.9 Å². The molecule has 3 rings (SSSR count). The van der Waals surface area contributed by atoms with Crippen LogP contribution in [0.15, 0.2) is 39.7 Å². The van der Waals surface area contributed by atoms with Crippen molar-refractivity contribution in [1.82, 2.24) is 20.3 Å². The van der Waals surface area contributed by atoms with Crippen LogP contribution in [0.3, 0.4) is 0 Å². The van der Waals surface area contributed by atoms with E-state index >= 15 is 0 Å². The van der Waals surface area contributed by atoms with Gasteiger partial charge in [-0.3, -0.25) is 9.48 Å². The van der Waals surface area contributed by atoms with Crippen molar-refractivity contribution in [2.45, 2.75) is 13.5 Å².